The summed E-state index contributed by atoms with van der Waals surface area (Å²) in [4.78, 5) is 3.96. The van der Waals surface area contributed by atoms with Crippen molar-refractivity contribution in [3.8, 4) is 5.75 Å². The van der Waals surface area contributed by atoms with E-state index in [0.29, 0.717) is 5.56 Å². The Labute approximate surface area is 169 Å². The first kappa shape index (κ1) is 21.1. The van der Waals surface area contributed by atoms with Crippen LogP contribution in [-0.4, -0.2) is 46.8 Å². The van der Waals surface area contributed by atoms with E-state index in [1.165, 1.54) is 12.1 Å². The third kappa shape index (κ3) is 4.51. The van der Waals surface area contributed by atoms with Gasteiger partial charge >= 0.3 is 6.18 Å². The van der Waals surface area contributed by atoms with Crippen LogP contribution in [0.15, 0.2) is 52.6 Å². The number of hydrazone groups is 1. The zero-order valence-corrected chi connectivity index (χ0v) is 15.6. The van der Waals surface area contributed by atoms with Gasteiger partial charge in [-0.25, -0.2) is 10.0 Å². The van der Waals surface area contributed by atoms with E-state index in [2.05, 4.69) is 10.1 Å². The van der Waals surface area contributed by atoms with Crippen molar-refractivity contribution in [3.63, 3.8) is 0 Å². The molecule has 30 heavy (non-hydrogen) atoms. The summed E-state index contributed by atoms with van der Waals surface area (Å²) < 4.78 is 46.0. The van der Waals surface area contributed by atoms with Crippen LogP contribution in [0.3, 0.4) is 0 Å². The number of amidine groups is 1. The number of anilines is 2. The normalized spacial score (nSPS) is 15.6. The van der Waals surface area contributed by atoms with Crippen LogP contribution in [0.1, 0.15) is 5.56 Å². The highest BCUT2D eigenvalue weighted by molar-refractivity contribution is 6.70. The van der Waals surface area contributed by atoms with E-state index in [1.54, 1.807) is 30.3 Å². The van der Waals surface area contributed by atoms with Gasteiger partial charge in [-0.15, -0.1) is 0 Å². The summed E-state index contributed by atoms with van der Waals surface area (Å²) in [6.07, 6.45) is -4.82. The molecular weight excluding hydrogens is 401 g/mol. The molecule has 1 aliphatic heterocycles. The third-order valence-electron chi connectivity index (χ3n) is 4.11. The fraction of sp³-hybridized carbons (Fsp3) is 0.211. The van der Waals surface area contributed by atoms with E-state index < -0.39 is 23.4 Å². The molecule has 0 amide bonds. The Morgan fingerprint density at radius 2 is 1.83 bits per heavy atom. The maximum absolute atomic E-state index is 13.6. The number of benzene rings is 2. The van der Waals surface area contributed by atoms with Crippen LogP contribution in [0, 0.1) is 5.41 Å². The number of aliphatic hydroxyl groups excluding tert-OH is 1. The SMILES string of the molecule is N=C1C(=Nc2cc(OCCO)c(N)cc2N)C(C(F)(F)F)=NN1Cc1ccccc1. The van der Waals surface area contributed by atoms with Crippen molar-refractivity contribution in [1.29, 1.82) is 5.41 Å². The van der Waals surface area contributed by atoms with Gasteiger partial charge in [0, 0.05) is 6.07 Å². The lowest BCUT2D eigenvalue weighted by Gasteiger charge is -2.14. The molecule has 0 saturated heterocycles. The van der Waals surface area contributed by atoms with E-state index in [-0.39, 0.29) is 42.6 Å². The number of hydrogen-bond donors (Lipinski definition) is 4. The van der Waals surface area contributed by atoms with Gasteiger partial charge in [-0.3, -0.25) is 5.41 Å². The minimum atomic E-state index is -4.82. The van der Waals surface area contributed by atoms with Gasteiger partial charge in [0.25, 0.3) is 0 Å². The first-order chi connectivity index (χ1) is 14.2. The molecule has 0 unspecified atom stereocenters. The zero-order chi connectivity index (χ0) is 21.9. The van der Waals surface area contributed by atoms with Crippen LogP contribution in [0.5, 0.6) is 5.75 Å². The summed E-state index contributed by atoms with van der Waals surface area (Å²) in [5.74, 6) is -0.408. The van der Waals surface area contributed by atoms with Crippen LogP contribution in [0.25, 0.3) is 0 Å². The maximum Gasteiger partial charge on any atom is 0.437 e. The lowest BCUT2D eigenvalue weighted by Crippen LogP contribution is -2.33. The Kier molecular flexibility index (Phi) is 5.92. The van der Waals surface area contributed by atoms with E-state index >= 15 is 0 Å². The van der Waals surface area contributed by atoms with Crippen LogP contribution >= 0.6 is 0 Å². The molecule has 0 spiro atoms. The van der Waals surface area contributed by atoms with Crippen molar-refractivity contribution in [2.75, 3.05) is 24.7 Å². The summed E-state index contributed by atoms with van der Waals surface area (Å²) in [5, 5.41) is 21.6. The number of nitrogens with two attached hydrogens (primary N) is 2. The molecule has 11 heteroatoms. The van der Waals surface area contributed by atoms with E-state index in [9.17, 15) is 13.2 Å². The highest BCUT2D eigenvalue weighted by atomic mass is 19.4. The number of halogens is 3. The summed E-state index contributed by atoms with van der Waals surface area (Å²) in [5.41, 5.74) is 10.5. The molecule has 2 aromatic carbocycles. The summed E-state index contributed by atoms with van der Waals surface area (Å²) in [6.45, 7) is -0.377. The fourth-order valence-corrected chi connectivity index (χ4v) is 2.72. The molecule has 158 valence electrons. The van der Waals surface area contributed by atoms with E-state index in [0.717, 1.165) is 5.01 Å². The summed E-state index contributed by atoms with van der Waals surface area (Å²) in [6, 6.07) is 11.2. The van der Waals surface area contributed by atoms with Crippen molar-refractivity contribution >= 4 is 34.3 Å². The molecule has 3 rings (SSSR count). The number of aliphatic imine (C=N–C) groups is 1. The molecule has 0 aromatic heterocycles. The first-order valence-electron chi connectivity index (χ1n) is 8.78. The molecule has 2 aromatic rings. The predicted molar refractivity (Wildman–Crippen MR) is 108 cm³/mol. The van der Waals surface area contributed by atoms with Gasteiger partial charge < -0.3 is 21.3 Å². The van der Waals surface area contributed by atoms with Gasteiger partial charge in [0.2, 0.25) is 0 Å². The molecule has 0 saturated carbocycles. The van der Waals surface area contributed by atoms with E-state index in [4.69, 9.17) is 26.7 Å². The number of nitrogen functional groups attached to an aromatic ring is 2. The number of rotatable bonds is 6. The van der Waals surface area contributed by atoms with Crippen molar-refractivity contribution < 1.29 is 23.0 Å². The highest BCUT2D eigenvalue weighted by Gasteiger charge is 2.46. The fourth-order valence-electron chi connectivity index (χ4n) is 2.72. The zero-order valence-electron chi connectivity index (χ0n) is 15.6. The van der Waals surface area contributed by atoms with Gasteiger partial charge in [-0.05, 0) is 11.6 Å². The Bertz CT molecular complexity index is 1010. The van der Waals surface area contributed by atoms with Gasteiger partial charge in [-0.2, -0.15) is 18.3 Å². The maximum atomic E-state index is 13.6. The predicted octanol–water partition coefficient (Wildman–Crippen LogP) is 2.71. The number of alkyl halides is 3. The molecular formula is C19H19F3N6O2. The Morgan fingerprint density at radius 3 is 2.47 bits per heavy atom. The van der Waals surface area contributed by atoms with Gasteiger partial charge in [0.05, 0.1) is 30.2 Å². The van der Waals surface area contributed by atoms with Gasteiger partial charge in [0.15, 0.2) is 11.5 Å². The van der Waals surface area contributed by atoms with Crippen LogP contribution < -0.4 is 16.2 Å². The van der Waals surface area contributed by atoms with Crippen LogP contribution in [0.4, 0.5) is 30.2 Å². The highest BCUT2D eigenvalue weighted by Crippen LogP contribution is 2.35. The molecule has 0 atom stereocenters. The second-order valence-corrected chi connectivity index (χ2v) is 6.32. The van der Waals surface area contributed by atoms with Crippen molar-refractivity contribution in [1.82, 2.24) is 5.01 Å². The van der Waals surface area contributed by atoms with Crippen LogP contribution in [-0.2, 0) is 6.54 Å². The Morgan fingerprint density at radius 1 is 1.13 bits per heavy atom. The lowest BCUT2D eigenvalue weighted by molar-refractivity contribution is -0.0571. The molecule has 0 radical (unpaired) electrons. The molecule has 0 aliphatic carbocycles. The number of ether oxygens (including phenoxy) is 1. The average molecular weight is 420 g/mol. The largest absolute Gasteiger partial charge is 0.489 e. The first-order valence-corrected chi connectivity index (χ1v) is 8.78. The second-order valence-electron chi connectivity index (χ2n) is 6.32. The molecule has 1 aliphatic rings. The minimum Gasteiger partial charge on any atom is -0.489 e. The number of nitrogens with zero attached hydrogens (tertiary/aromatic N) is 3. The quantitative estimate of drug-likeness (QED) is 0.533. The second kappa shape index (κ2) is 8.41. The molecule has 6 N–H and O–H groups in total. The van der Waals surface area contributed by atoms with Crippen molar-refractivity contribution in [2.24, 2.45) is 10.1 Å². The average Bonchev–Trinajstić information content (AvgIpc) is 3.00. The number of nitrogens with one attached hydrogen (secondary N) is 1. The minimum absolute atomic E-state index is 0.00665. The summed E-state index contributed by atoms with van der Waals surface area (Å²) in [7, 11) is 0. The van der Waals surface area contributed by atoms with Gasteiger partial charge in [-0.1, -0.05) is 30.3 Å². The van der Waals surface area contributed by atoms with E-state index in [1.807, 2.05) is 0 Å². The monoisotopic (exact) mass is 420 g/mol. The molecule has 0 bridgehead atoms. The molecule has 1 heterocycles. The molecule has 8 nitrogen and oxygen atoms in total. The summed E-state index contributed by atoms with van der Waals surface area (Å²) >= 11 is 0. The van der Waals surface area contributed by atoms with Crippen molar-refractivity contribution in [3.05, 3.63) is 48.0 Å². The molecule has 0 fully saturated rings. The number of aliphatic hydroxyl groups is 1. The van der Waals surface area contributed by atoms with Gasteiger partial charge in [0.1, 0.15) is 18.1 Å². The van der Waals surface area contributed by atoms with Crippen LogP contribution in [0.2, 0.25) is 0 Å². The van der Waals surface area contributed by atoms with Crippen molar-refractivity contribution in [2.45, 2.75) is 12.7 Å². The topological polar surface area (TPSA) is 133 Å². The number of hydrogen-bond acceptors (Lipinski definition) is 7. The standard InChI is InChI=1S/C19H19F3N6O2/c20-19(21,22)17-16(18(25)28(27-17)10-11-4-2-1-3-5-11)26-14-9-15(30-7-6-29)13(24)8-12(14)23/h1-5,8-9,25,29H,6-7,10,23-24H2. The third-order valence-corrected chi connectivity index (χ3v) is 4.11. The lowest BCUT2D eigenvalue weighted by atomic mass is 10.1. The smallest absolute Gasteiger partial charge is 0.437 e. The Balaban J connectivity index is 2.00. The Hall–Kier alpha value is -3.60.